The lowest BCUT2D eigenvalue weighted by molar-refractivity contribution is -0.141. The molecule has 0 heterocycles. The Bertz CT molecular complexity index is 384. The van der Waals surface area contributed by atoms with Gasteiger partial charge in [0.2, 0.25) is 0 Å². The van der Waals surface area contributed by atoms with Gasteiger partial charge in [0, 0.05) is 6.04 Å². The molecule has 0 spiro atoms. The van der Waals surface area contributed by atoms with Gasteiger partial charge in [0.05, 0.1) is 13.5 Å². The largest absolute Gasteiger partial charge is 0.469 e. The van der Waals surface area contributed by atoms with Gasteiger partial charge in [-0.05, 0) is 44.6 Å². The number of carbonyl (C=O) groups excluding carboxylic acids is 1. The van der Waals surface area contributed by atoms with Crippen LogP contribution in [0.3, 0.4) is 0 Å². The molecular formula is C16H27N3O2. The van der Waals surface area contributed by atoms with Crippen molar-refractivity contribution in [2.45, 2.75) is 25.3 Å². The minimum absolute atomic E-state index is 0.00249. The molecule has 1 aromatic carbocycles. The lowest BCUT2D eigenvalue weighted by Gasteiger charge is -2.18. The summed E-state index contributed by atoms with van der Waals surface area (Å²) in [5.41, 5.74) is 6.55. The zero-order chi connectivity index (χ0) is 15.3. The number of ether oxygens (including phenoxy) is 1. The number of esters is 1. The Morgan fingerprint density at radius 3 is 2.57 bits per heavy atom. The molecule has 118 valence electrons. The second-order valence-corrected chi connectivity index (χ2v) is 4.94. The first-order valence-corrected chi connectivity index (χ1v) is 7.54. The van der Waals surface area contributed by atoms with Gasteiger partial charge >= 0.3 is 5.97 Å². The summed E-state index contributed by atoms with van der Waals surface area (Å²) in [4.78, 5) is 11.5. The molecule has 5 nitrogen and oxygen atoms in total. The Labute approximate surface area is 127 Å². The molecule has 4 N–H and O–H groups in total. The maximum Gasteiger partial charge on any atom is 0.307 e. The Morgan fingerprint density at radius 1 is 1.19 bits per heavy atom. The Hall–Kier alpha value is -1.43. The van der Waals surface area contributed by atoms with Crippen molar-refractivity contribution < 1.29 is 9.53 Å². The maximum absolute atomic E-state index is 11.5. The summed E-state index contributed by atoms with van der Waals surface area (Å²) in [6.07, 6.45) is 2.36. The van der Waals surface area contributed by atoms with E-state index < -0.39 is 0 Å². The third kappa shape index (κ3) is 7.80. The second kappa shape index (κ2) is 11.3. The van der Waals surface area contributed by atoms with E-state index in [1.165, 1.54) is 7.11 Å². The molecule has 0 bridgehead atoms. The highest BCUT2D eigenvalue weighted by atomic mass is 16.5. The molecule has 0 amide bonds. The van der Waals surface area contributed by atoms with Crippen molar-refractivity contribution in [3.63, 3.8) is 0 Å². The Balaban J connectivity index is 2.34. The maximum atomic E-state index is 11.5. The number of rotatable bonds is 11. The van der Waals surface area contributed by atoms with Crippen LogP contribution in [0, 0.1) is 0 Å². The lowest BCUT2D eigenvalue weighted by atomic mass is 10.0. The summed E-state index contributed by atoms with van der Waals surface area (Å²) in [7, 11) is 1.42. The minimum atomic E-state index is -0.197. The highest BCUT2D eigenvalue weighted by Crippen LogP contribution is 2.16. The molecule has 0 aromatic heterocycles. The number of hydrogen-bond acceptors (Lipinski definition) is 5. The Kier molecular flexibility index (Phi) is 9.44. The normalized spacial score (nSPS) is 12.1. The van der Waals surface area contributed by atoms with E-state index in [4.69, 9.17) is 10.5 Å². The standard InChI is InChI=1S/C16H27N3O2/c1-21-16(20)13-15(14-7-3-2-4-8-14)19-12-6-11-18-10-5-9-17/h2-4,7-8,15,18-19H,5-6,9-13,17H2,1H3. The zero-order valence-corrected chi connectivity index (χ0v) is 12.8. The van der Waals surface area contributed by atoms with Crippen molar-refractivity contribution in [2.75, 3.05) is 33.3 Å². The van der Waals surface area contributed by atoms with E-state index in [-0.39, 0.29) is 12.0 Å². The van der Waals surface area contributed by atoms with Crippen molar-refractivity contribution in [3.8, 4) is 0 Å². The summed E-state index contributed by atoms with van der Waals surface area (Å²) >= 11 is 0. The van der Waals surface area contributed by atoms with Gasteiger partial charge in [0.25, 0.3) is 0 Å². The predicted octanol–water partition coefficient (Wildman–Crippen LogP) is 1.21. The van der Waals surface area contributed by atoms with Gasteiger partial charge in [0.15, 0.2) is 0 Å². The van der Waals surface area contributed by atoms with Crippen LogP contribution < -0.4 is 16.4 Å². The molecule has 21 heavy (non-hydrogen) atoms. The Morgan fingerprint density at radius 2 is 1.90 bits per heavy atom. The van der Waals surface area contributed by atoms with Crippen molar-refractivity contribution in [1.29, 1.82) is 0 Å². The predicted molar refractivity (Wildman–Crippen MR) is 85.0 cm³/mol. The third-order valence-electron chi connectivity index (χ3n) is 3.28. The van der Waals surface area contributed by atoms with E-state index in [0.717, 1.165) is 44.6 Å². The van der Waals surface area contributed by atoms with Gasteiger partial charge in [-0.2, -0.15) is 0 Å². The molecule has 1 atom stereocenters. The smallest absolute Gasteiger partial charge is 0.307 e. The van der Waals surface area contributed by atoms with Crippen LogP contribution >= 0.6 is 0 Å². The van der Waals surface area contributed by atoms with E-state index >= 15 is 0 Å². The minimum Gasteiger partial charge on any atom is -0.469 e. The fourth-order valence-corrected chi connectivity index (χ4v) is 2.08. The molecule has 0 aliphatic heterocycles. The van der Waals surface area contributed by atoms with Crippen molar-refractivity contribution in [3.05, 3.63) is 35.9 Å². The van der Waals surface area contributed by atoms with Crippen LogP contribution in [0.1, 0.15) is 30.9 Å². The number of hydrogen-bond donors (Lipinski definition) is 3. The van der Waals surface area contributed by atoms with E-state index in [1.807, 2.05) is 30.3 Å². The molecule has 0 aliphatic rings. The topological polar surface area (TPSA) is 76.4 Å². The molecule has 0 aliphatic carbocycles. The lowest BCUT2D eigenvalue weighted by Crippen LogP contribution is -2.28. The number of methoxy groups -OCH3 is 1. The van der Waals surface area contributed by atoms with Crippen LogP contribution in [0.25, 0.3) is 0 Å². The number of carbonyl (C=O) groups is 1. The van der Waals surface area contributed by atoms with E-state index in [0.29, 0.717) is 6.42 Å². The highest BCUT2D eigenvalue weighted by Gasteiger charge is 2.15. The van der Waals surface area contributed by atoms with Crippen molar-refractivity contribution in [2.24, 2.45) is 5.73 Å². The van der Waals surface area contributed by atoms with E-state index in [9.17, 15) is 4.79 Å². The van der Waals surface area contributed by atoms with Crippen LogP contribution in [-0.4, -0.2) is 39.3 Å². The van der Waals surface area contributed by atoms with Crippen LogP contribution in [0.2, 0.25) is 0 Å². The summed E-state index contributed by atoms with van der Waals surface area (Å²) in [5, 5.41) is 6.77. The van der Waals surface area contributed by atoms with Crippen LogP contribution in [0.5, 0.6) is 0 Å². The zero-order valence-electron chi connectivity index (χ0n) is 12.8. The van der Waals surface area contributed by atoms with Gasteiger partial charge in [-0.15, -0.1) is 0 Å². The molecule has 0 saturated carbocycles. The van der Waals surface area contributed by atoms with Crippen molar-refractivity contribution in [1.82, 2.24) is 10.6 Å². The van der Waals surface area contributed by atoms with E-state index in [1.54, 1.807) is 0 Å². The monoisotopic (exact) mass is 293 g/mol. The van der Waals surface area contributed by atoms with Gasteiger partial charge in [0.1, 0.15) is 0 Å². The van der Waals surface area contributed by atoms with Crippen molar-refractivity contribution >= 4 is 5.97 Å². The van der Waals surface area contributed by atoms with Gasteiger partial charge in [-0.25, -0.2) is 0 Å². The van der Waals surface area contributed by atoms with Crippen LogP contribution in [0.15, 0.2) is 30.3 Å². The summed E-state index contributed by atoms with van der Waals surface area (Å²) in [5.74, 6) is -0.197. The van der Waals surface area contributed by atoms with Gasteiger partial charge in [-0.1, -0.05) is 30.3 Å². The first-order valence-electron chi connectivity index (χ1n) is 7.54. The fourth-order valence-electron chi connectivity index (χ4n) is 2.08. The SMILES string of the molecule is COC(=O)CC(NCCCNCCCN)c1ccccc1. The highest BCUT2D eigenvalue weighted by molar-refractivity contribution is 5.70. The first-order chi connectivity index (χ1) is 10.3. The van der Waals surface area contributed by atoms with Gasteiger partial charge in [-0.3, -0.25) is 4.79 Å². The molecule has 5 heteroatoms. The molecule has 0 saturated heterocycles. The molecule has 1 unspecified atom stereocenters. The quantitative estimate of drug-likeness (QED) is 0.422. The van der Waals surface area contributed by atoms with Crippen LogP contribution in [0.4, 0.5) is 0 Å². The first kappa shape index (κ1) is 17.6. The summed E-state index contributed by atoms with van der Waals surface area (Å²) in [6, 6.07) is 9.99. The fraction of sp³-hybridized carbons (Fsp3) is 0.562. The van der Waals surface area contributed by atoms with Gasteiger partial charge < -0.3 is 21.1 Å². The average Bonchev–Trinajstić information content (AvgIpc) is 2.53. The molecular weight excluding hydrogens is 266 g/mol. The molecule has 1 rings (SSSR count). The number of nitrogens with two attached hydrogens (primary N) is 1. The molecule has 0 radical (unpaired) electrons. The third-order valence-corrected chi connectivity index (χ3v) is 3.28. The summed E-state index contributed by atoms with van der Waals surface area (Å²) < 4.78 is 4.77. The molecule has 0 fully saturated rings. The summed E-state index contributed by atoms with van der Waals surface area (Å²) in [6.45, 7) is 3.49. The number of nitrogens with one attached hydrogen (secondary N) is 2. The molecule has 1 aromatic rings. The second-order valence-electron chi connectivity index (χ2n) is 4.94. The van der Waals surface area contributed by atoms with E-state index in [2.05, 4.69) is 10.6 Å². The van der Waals surface area contributed by atoms with Crippen LogP contribution in [-0.2, 0) is 9.53 Å². The number of benzene rings is 1. The average molecular weight is 293 g/mol.